The lowest BCUT2D eigenvalue weighted by molar-refractivity contribution is -0.158. The van der Waals surface area contributed by atoms with Gasteiger partial charge in [-0.25, -0.2) is 0 Å². The fourth-order valence-corrected chi connectivity index (χ4v) is 7.65. The molecule has 0 aromatic rings. The minimum atomic E-state index is -0.476. The minimum Gasteiger partial charge on any atom is -0.390 e. The summed E-state index contributed by atoms with van der Waals surface area (Å²) >= 11 is 0. The molecule has 23 heavy (non-hydrogen) atoms. The van der Waals surface area contributed by atoms with Crippen LogP contribution < -0.4 is 0 Å². The van der Waals surface area contributed by atoms with Gasteiger partial charge >= 0.3 is 0 Å². The van der Waals surface area contributed by atoms with Crippen LogP contribution in [-0.4, -0.2) is 16.5 Å². The Balaban J connectivity index is 1.66. The Labute approximate surface area is 141 Å². The summed E-state index contributed by atoms with van der Waals surface area (Å²) in [6.07, 6.45) is 9.11. The second kappa shape index (κ2) is 4.84. The number of carbonyl (C=O) groups excluding carboxylic acids is 1. The molecular formula is C21H34O2. The highest BCUT2D eigenvalue weighted by Gasteiger charge is 2.63. The maximum absolute atomic E-state index is 12.2. The van der Waals surface area contributed by atoms with Gasteiger partial charge in [-0.1, -0.05) is 20.8 Å². The molecule has 0 radical (unpaired) electrons. The largest absolute Gasteiger partial charge is 0.390 e. The molecular weight excluding hydrogens is 284 g/mol. The Kier molecular flexibility index (Phi) is 3.39. The molecule has 0 aromatic carbocycles. The van der Waals surface area contributed by atoms with Crippen LogP contribution in [0, 0.1) is 40.4 Å². The van der Waals surface area contributed by atoms with Gasteiger partial charge in [0, 0.05) is 12.3 Å². The van der Waals surface area contributed by atoms with Crippen LogP contribution in [0.4, 0.5) is 0 Å². The number of rotatable bonds is 0. The summed E-state index contributed by atoms with van der Waals surface area (Å²) in [6.45, 7) is 9.11. The normalized spacial score (nSPS) is 59.2. The lowest BCUT2D eigenvalue weighted by Gasteiger charge is -2.61. The van der Waals surface area contributed by atoms with E-state index < -0.39 is 5.60 Å². The van der Waals surface area contributed by atoms with Crippen molar-refractivity contribution in [1.82, 2.24) is 0 Å². The summed E-state index contributed by atoms with van der Waals surface area (Å²) in [5, 5.41) is 11.0. The van der Waals surface area contributed by atoms with E-state index in [4.69, 9.17) is 0 Å². The molecule has 2 heteroatoms. The van der Waals surface area contributed by atoms with Crippen LogP contribution >= 0.6 is 0 Å². The van der Waals surface area contributed by atoms with Crippen LogP contribution in [0.5, 0.6) is 0 Å². The van der Waals surface area contributed by atoms with E-state index in [9.17, 15) is 9.90 Å². The van der Waals surface area contributed by atoms with E-state index in [0.717, 1.165) is 31.1 Å². The Morgan fingerprint density at radius 3 is 2.43 bits per heavy atom. The molecule has 0 aliphatic heterocycles. The van der Waals surface area contributed by atoms with Crippen molar-refractivity contribution in [3.8, 4) is 0 Å². The highest BCUT2D eigenvalue weighted by molar-refractivity contribution is 5.82. The van der Waals surface area contributed by atoms with Gasteiger partial charge in [-0.15, -0.1) is 0 Å². The van der Waals surface area contributed by atoms with Gasteiger partial charge in [0.15, 0.2) is 0 Å². The predicted molar refractivity (Wildman–Crippen MR) is 91.9 cm³/mol. The zero-order valence-corrected chi connectivity index (χ0v) is 15.4. The van der Waals surface area contributed by atoms with Crippen molar-refractivity contribution in [3.05, 3.63) is 0 Å². The molecule has 4 fully saturated rings. The molecule has 2 nitrogen and oxygen atoms in total. The SMILES string of the molecule is C[C@@H]1C[C@]2(C)C3CC[C@@]4(C)[C@@H](CC[C@]4(C)O)C3CC[C@H]2CC1=O. The monoisotopic (exact) mass is 318 g/mol. The summed E-state index contributed by atoms with van der Waals surface area (Å²) in [5.41, 5.74) is 0.00962. The Bertz CT molecular complexity index is 524. The van der Waals surface area contributed by atoms with E-state index >= 15 is 0 Å². The topological polar surface area (TPSA) is 37.3 Å². The average Bonchev–Trinajstić information content (AvgIpc) is 2.71. The zero-order chi connectivity index (χ0) is 16.6. The summed E-state index contributed by atoms with van der Waals surface area (Å²) in [5.74, 6) is 3.65. The molecule has 4 rings (SSSR count). The molecule has 4 saturated carbocycles. The molecule has 0 saturated heterocycles. The number of Topliss-reactive ketones (excluding diaryl/α,β-unsaturated/α-hetero) is 1. The van der Waals surface area contributed by atoms with Crippen molar-refractivity contribution >= 4 is 5.78 Å². The molecule has 2 unspecified atom stereocenters. The van der Waals surface area contributed by atoms with E-state index in [2.05, 4.69) is 27.7 Å². The molecule has 130 valence electrons. The highest BCUT2D eigenvalue weighted by Crippen LogP contribution is 2.68. The van der Waals surface area contributed by atoms with Crippen LogP contribution in [0.25, 0.3) is 0 Å². The van der Waals surface area contributed by atoms with Crippen LogP contribution in [0.3, 0.4) is 0 Å². The predicted octanol–water partition coefficient (Wildman–Crippen LogP) is 4.60. The number of hydrogen-bond donors (Lipinski definition) is 1. The molecule has 0 amide bonds. The minimum absolute atomic E-state index is 0.119. The average molecular weight is 319 g/mol. The molecule has 4 aliphatic rings. The highest BCUT2D eigenvalue weighted by atomic mass is 16.3. The third-order valence-corrected chi connectivity index (χ3v) is 9.37. The second-order valence-electron chi connectivity index (χ2n) is 10.2. The number of hydrogen-bond acceptors (Lipinski definition) is 2. The van der Waals surface area contributed by atoms with Crippen molar-refractivity contribution in [2.45, 2.75) is 84.7 Å². The lowest BCUT2D eigenvalue weighted by atomic mass is 9.44. The Morgan fingerprint density at radius 1 is 1.00 bits per heavy atom. The van der Waals surface area contributed by atoms with Crippen molar-refractivity contribution in [2.24, 2.45) is 40.4 Å². The van der Waals surface area contributed by atoms with Gasteiger partial charge in [0.2, 0.25) is 0 Å². The standard InChI is InChI=1S/C21H34O2/c1-13-12-19(2)14(11-18(13)22)5-6-15-16(19)7-9-20(3)17(15)8-10-21(20,4)23/h13-17,23H,5-12H2,1-4H3/t13-,14+,15?,16?,17+,19+,20+,21+/m1/s1. The van der Waals surface area contributed by atoms with Gasteiger partial charge in [-0.3, -0.25) is 4.79 Å². The smallest absolute Gasteiger partial charge is 0.136 e. The number of fused-ring (bicyclic) bond motifs is 5. The van der Waals surface area contributed by atoms with Gasteiger partial charge in [0.1, 0.15) is 5.78 Å². The van der Waals surface area contributed by atoms with Crippen molar-refractivity contribution < 1.29 is 9.90 Å². The zero-order valence-electron chi connectivity index (χ0n) is 15.4. The first-order chi connectivity index (χ1) is 10.7. The van der Waals surface area contributed by atoms with Crippen molar-refractivity contribution in [2.75, 3.05) is 0 Å². The van der Waals surface area contributed by atoms with Crippen LogP contribution in [0.15, 0.2) is 0 Å². The molecule has 0 bridgehead atoms. The quantitative estimate of drug-likeness (QED) is 0.709. The van der Waals surface area contributed by atoms with Gasteiger partial charge < -0.3 is 5.11 Å². The molecule has 1 N–H and O–H groups in total. The van der Waals surface area contributed by atoms with Gasteiger partial charge in [-0.05, 0) is 86.4 Å². The number of aliphatic hydroxyl groups is 1. The van der Waals surface area contributed by atoms with Crippen LogP contribution in [0.1, 0.15) is 79.1 Å². The fraction of sp³-hybridized carbons (Fsp3) is 0.952. The molecule has 4 aliphatic carbocycles. The Morgan fingerprint density at radius 2 is 1.70 bits per heavy atom. The Hall–Kier alpha value is -0.370. The summed E-state index contributed by atoms with van der Waals surface area (Å²) < 4.78 is 0. The van der Waals surface area contributed by atoms with Crippen molar-refractivity contribution in [1.29, 1.82) is 0 Å². The van der Waals surface area contributed by atoms with E-state index in [0.29, 0.717) is 23.0 Å². The number of carbonyl (C=O) groups is 1. The summed E-state index contributed by atoms with van der Waals surface area (Å²) in [6, 6.07) is 0. The van der Waals surface area contributed by atoms with Gasteiger partial charge in [-0.2, -0.15) is 0 Å². The molecule has 0 aromatic heterocycles. The third kappa shape index (κ3) is 2.00. The van der Waals surface area contributed by atoms with Gasteiger partial charge in [0.25, 0.3) is 0 Å². The number of ketones is 1. The molecule has 8 atom stereocenters. The molecule has 0 heterocycles. The van der Waals surface area contributed by atoms with E-state index in [-0.39, 0.29) is 11.3 Å². The lowest BCUT2D eigenvalue weighted by Crippen LogP contribution is -2.56. The summed E-state index contributed by atoms with van der Waals surface area (Å²) in [4.78, 5) is 12.2. The third-order valence-electron chi connectivity index (χ3n) is 9.37. The van der Waals surface area contributed by atoms with Crippen LogP contribution in [-0.2, 0) is 4.79 Å². The van der Waals surface area contributed by atoms with Crippen LogP contribution in [0.2, 0.25) is 0 Å². The summed E-state index contributed by atoms with van der Waals surface area (Å²) in [7, 11) is 0. The first-order valence-corrected chi connectivity index (χ1v) is 9.94. The van der Waals surface area contributed by atoms with E-state index in [1.165, 1.54) is 32.1 Å². The maximum atomic E-state index is 12.2. The van der Waals surface area contributed by atoms with Gasteiger partial charge in [0.05, 0.1) is 5.60 Å². The maximum Gasteiger partial charge on any atom is 0.136 e. The first-order valence-electron chi connectivity index (χ1n) is 9.94. The first kappa shape index (κ1) is 16.1. The van der Waals surface area contributed by atoms with Crippen molar-refractivity contribution in [3.63, 3.8) is 0 Å². The van der Waals surface area contributed by atoms with E-state index in [1.807, 2.05) is 0 Å². The van der Waals surface area contributed by atoms with E-state index in [1.54, 1.807) is 0 Å². The molecule has 0 spiro atoms. The second-order valence-corrected chi connectivity index (χ2v) is 10.2. The fourth-order valence-electron chi connectivity index (χ4n) is 7.65.